The molecule has 1 aromatic rings. The average Bonchev–Trinajstić information content (AvgIpc) is 2.61. The van der Waals surface area contributed by atoms with Crippen LogP contribution in [0.5, 0.6) is 0 Å². The first-order valence-corrected chi connectivity index (χ1v) is 8.18. The maximum absolute atomic E-state index is 14.3. The summed E-state index contributed by atoms with van der Waals surface area (Å²) < 4.78 is 32.4. The van der Waals surface area contributed by atoms with Crippen LogP contribution in [0.2, 0.25) is 0 Å². The Bertz CT molecular complexity index is 565. The fourth-order valence-corrected chi connectivity index (χ4v) is 3.28. The number of hydrogen-bond donors (Lipinski definition) is 3. The van der Waals surface area contributed by atoms with Crippen molar-refractivity contribution < 1.29 is 23.4 Å². The Kier molecular flexibility index (Phi) is 6.51. The largest absolute Gasteiger partial charge is 0.453 e. The van der Waals surface area contributed by atoms with Crippen molar-refractivity contribution in [1.82, 2.24) is 10.6 Å². The molecule has 1 amide bonds. The summed E-state index contributed by atoms with van der Waals surface area (Å²) in [7, 11) is 1.27. The summed E-state index contributed by atoms with van der Waals surface area (Å²) in [6, 6.07) is 3.87. The van der Waals surface area contributed by atoms with Gasteiger partial charge in [-0.2, -0.15) is 0 Å². The number of nitrogens with one attached hydrogen (secondary N) is 2. The molecule has 1 saturated heterocycles. The van der Waals surface area contributed by atoms with Gasteiger partial charge in [-0.15, -0.1) is 0 Å². The van der Waals surface area contributed by atoms with Crippen LogP contribution >= 0.6 is 0 Å². The first-order valence-electron chi connectivity index (χ1n) is 8.18. The summed E-state index contributed by atoms with van der Waals surface area (Å²) in [5, 5.41) is 17.0. The molecule has 0 bridgehead atoms. The van der Waals surface area contributed by atoms with Crippen LogP contribution in [0.3, 0.4) is 0 Å². The molecule has 3 N–H and O–H groups in total. The lowest BCUT2D eigenvalue weighted by molar-refractivity contribution is -0.0452. The van der Waals surface area contributed by atoms with Crippen molar-refractivity contribution in [2.75, 3.05) is 26.7 Å². The molecule has 2 atom stereocenters. The van der Waals surface area contributed by atoms with Gasteiger partial charge in [0.05, 0.1) is 12.7 Å². The first-order chi connectivity index (χ1) is 11.5. The molecule has 134 valence electrons. The molecule has 1 fully saturated rings. The maximum Gasteiger partial charge on any atom is 0.406 e. The van der Waals surface area contributed by atoms with E-state index in [1.807, 2.05) is 0 Å². The van der Waals surface area contributed by atoms with Crippen LogP contribution in [0.25, 0.3) is 0 Å². The monoisotopic (exact) mass is 342 g/mol. The lowest BCUT2D eigenvalue weighted by Gasteiger charge is -2.39. The minimum atomic E-state index is -1.49. The molecule has 7 heteroatoms. The standard InChI is InChI=1S/C17H24F2N2O3/c1-24-16(22)21-10-4-8-17(23,12-5-3-9-20-11-12)13-6-2-7-14(18)15(13)19/h2,6-7,12,20,23H,3-5,8-11H2,1H3,(H,21,22)/t12-,17+/m1/s1. The van der Waals surface area contributed by atoms with Gasteiger partial charge < -0.3 is 20.5 Å². The highest BCUT2D eigenvalue weighted by Gasteiger charge is 2.41. The topological polar surface area (TPSA) is 70.6 Å². The van der Waals surface area contributed by atoms with Crippen LogP contribution in [0.15, 0.2) is 18.2 Å². The van der Waals surface area contributed by atoms with Gasteiger partial charge in [-0.1, -0.05) is 12.1 Å². The van der Waals surface area contributed by atoms with E-state index < -0.39 is 23.3 Å². The second-order valence-corrected chi connectivity index (χ2v) is 6.09. The Balaban J connectivity index is 2.17. The molecule has 0 aromatic heterocycles. The number of carbonyl (C=O) groups excluding carboxylic acids is 1. The second-order valence-electron chi connectivity index (χ2n) is 6.09. The van der Waals surface area contributed by atoms with Crippen LogP contribution in [-0.2, 0) is 10.3 Å². The minimum Gasteiger partial charge on any atom is -0.453 e. The van der Waals surface area contributed by atoms with Crippen molar-refractivity contribution in [2.24, 2.45) is 5.92 Å². The van der Waals surface area contributed by atoms with E-state index in [0.717, 1.165) is 25.5 Å². The summed E-state index contributed by atoms with van der Waals surface area (Å²) in [6.07, 6.45) is 1.66. The quantitative estimate of drug-likeness (QED) is 0.694. The van der Waals surface area contributed by atoms with Crippen LogP contribution in [0.1, 0.15) is 31.2 Å². The number of benzene rings is 1. The number of methoxy groups -OCH3 is 1. The third kappa shape index (κ3) is 4.21. The molecule has 2 rings (SSSR count). The number of ether oxygens (including phenoxy) is 1. The predicted molar refractivity (Wildman–Crippen MR) is 85.5 cm³/mol. The van der Waals surface area contributed by atoms with E-state index in [4.69, 9.17) is 0 Å². The number of amides is 1. The average molecular weight is 342 g/mol. The number of aliphatic hydroxyl groups is 1. The first kappa shape index (κ1) is 18.6. The van der Waals surface area contributed by atoms with Gasteiger partial charge in [0, 0.05) is 24.6 Å². The van der Waals surface area contributed by atoms with Crippen molar-refractivity contribution in [3.63, 3.8) is 0 Å². The molecular weight excluding hydrogens is 318 g/mol. The van der Waals surface area contributed by atoms with Crippen molar-refractivity contribution in [1.29, 1.82) is 0 Å². The maximum atomic E-state index is 14.3. The highest BCUT2D eigenvalue weighted by atomic mass is 19.2. The Hall–Kier alpha value is -1.73. The van der Waals surface area contributed by atoms with E-state index in [2.05, 4.69) is 15.4 Å². The van der Waals surface area contributed by atoms with Crippen LogP contribution in [-0.4, -0.2) is 37.9 Å². The Morgan fingerprint density at radius 3 is 2.96 bits per heavy atom. The number of halogens is 2. The zero-order valence-electron chi connectivity index (χ0n) is 13.8. The van der Waals surface area contributed by atoms with Crippen LogP contribution in [0, 0.1) is 17.6 Å². The molecular formula is C17H24F2N2O3. The fourth-order valence-electron chi connectivity index (χ4n) is 3.28. The molecule has 0 unspecified atom stereocenters. The van der Waals surface area contributed by atoms with Gasteiger partial charge in [-0.05, 0) is 38.3 Å². The molecule has 0 saturated carbocycles. The number of alkyl carbamates (subject to hydrolysis) is 1. The van der Waals surface area contributed by atoms with E-state index in [-0.39, 0.29) is 24.4 Å². The molecule has 5 nitrogen and oxygen atoms in total. The fraction of sp³-hybridized carbons (Fsp3) is 0.588. The summed E-state index contributed by atoms with van der Waals surface area (Å²) >= 11 is 0. The van der Waals surface area contributed by atoms with Crippen LogP contribution < -0.4 is 10.6 Å². The van der Waals surface area contributed by atoms with E-state index >= 15 is 0 Å². The van der Waals surface area contributed by atoms with E-state index in [9.17, 15) is 18.7 Å². The van der Waals surface area contributed by atoms with E-state index in [1.54, 1.807) is 0 Å². The van der Waals surface area contributed by atoms with Gasteiger partial charge in [-0.25, -0.2) is 13.6 Å². The van der Waals surface area contributed by atoms with Crippen molar-refractivity contribution in [3.8, 4) is 0 Å². The lowest BCUT2D eigenvalue weighted by atomic mass is 9.74. The number of hydrogen-bond acceptors (Lipinski definition) is 4. The van der Waals surface area contributed by atoms with Gasteiger partial charge in [0.25, 0.3) is 0 Å². The van der Waals surface area contributed by atoms with Crippen molar-refractivity contribution in [3.05, 3.63) is 35.4 Å². The van der Waals surface area contributed by atoms with Crippen molar-refractivity contribution in [2.45, 2.75) is 31.3 Å². The Morgan fingerprint density at radius 1 is 1.50 bits per heavy atom. The third-order valence-electron chi connectivity index (χ3n) is 4.58. The molecule has 0 radical (unpaired) electrons. The highest BCUT2D eigenvalue weighted by molar-refractivity contribution is 5.66. The highest BCUT2D eigenvalue weighted by Crippen LogP contribution is 2.39. The predicted octanol–water partition coefficient (Wildman–Crippen LogP) is 2.29. The molecule has 0 spiro atoms. The van der Waals surface area contributed by atoms with Gasteiger partial charge in [0.15, 0.2) is 11.6 Å². The lowest BCUT2D eigenvalue weighted by Crippen LogP contribution is -2.45. The summed E-state index contributed by atoms with van der Waals surface area (Å²) in [6.45, 7) is 1.67. The van der Waals surface area contributed by atoms with Gasteiger partial charge in [0.2, 0.25) is 0 Å². The molecule has 1 heterocycles. The summed E-state index contributed by atoms with van der Waals surface area (Å²) in [4.78, 5) is 11.1. The Labute approximate surface area is 140 Å². The molecule has 24 heavy (non-hydrogen) atoms. The van der Waals surface area contributed by atoms with E-state index in [1.165, 1.54) is 19.2 Å². The zero-order chi connectivity index (χ0) is 17.6. The minimum absolute atomic E-state index is 0.0192. The molecule has 0 aliphatic carbocycles. The van der Waals surface area contributed by atoms with Crippen molar-refractivity contribution >= 4 is 6.09 Å². The summed E-state index contributed by atoms with van der Waals surface area (Å²) in [5.74, 6) is -2.20. The number of carbonyl (C=O) groups is 1. The SMILES string of the molecule is COC(=O)NCCC[C@@](O)(c1cccc(F)c1F)[C@@H]1CCCNC1. The van der Waals surface area contributed by atoms with Gasteiger partial charge in [0.1, 0.15) is 0 Å². The second kappa shape index (κ2) is 8.39. The smallest absolute Gasteiger partial charge is 0.406 e. The number of rotatable bonds is 6. The zero-order valence-corrected chi connectivity index (χ0v) is 13.8. The molecule has 1 aliphatic rings. The molecule has 1 aromatic carbocycles. The van der Waals surface area contributed by atoms with Gasteiger partial charge >= 0.3 is 6.09 Å². The van der Waals surface area contributed by atoms with Crippen LogP contribution in [0.4, 0.5) is 13.6 Å². The molecule has 1 aliphatic heterocycles. The van der Waals surface area contributed by atoms with E-state index in [0.29, 0.717) is 13.0 Å². The third-order valence-corrected chi connectivity index (χ3v) is 4.58. The summed E-state index contributed by atoms with van der Waals surface area (Å²) in [5.41, 5.74) is -1.51. The van der Waals surface area contributed by atoms with Gasteiger partial charge in [-0.3, -0.25) is 0 Å². The Morgan fingerprint density at radius 2 is 2.29 bits per heavy atom. The number of piperidine rings is 1. The normalized spacial score (nSPS) is 20.2.